The van der Waals surface area contributed by atoms with Gasteiger partial charge in [0.05, 0.1) is 12.5 Å². The number of benzene rings is 1. The Balaban J connectivity index is 2.12. The first kappa shape index (κ1) is 14.8. The second-order valence-corrected chi connectivity index (χ2v) is 4.69. The molecule has 5 heteroatoms. The van der Waals surface area contributed by atoms with Crippen LogP contribution in [0.5, 0.6) is 11.6 Å². The van der Waals surface area contributed by atoms with Crippen LogP contribution in [0, 0.1) is 18.3 Å². The van der Waals surface area contributed by atoms with E-state index >= 15 is 0 Å². The van der Waals surface area contributed by atoms with Crippen LogP contribution in [0.1, 0.15) is 24.5 Å². The maximum absolute atomic E-state index is 8.66. The summed E-state index contributed by atoms with van der Waals surface area (Å²) in [5.74, 6) is 1.80. The largest absolute Gasteiger partial charge is 0.439 e. The molecule has 1 heterocycles. The summed E-state index contributed by atoms with van der Waals surface area (Å²) in [6.45, 7) is 4.82. The number of hydrogen-bond acceptors (Lipinski definition) is 5. The van der Waals surface area contributed by atoms with Crippen molar-refractivity contribution in [3.8, 4) is 17.7 Å². The molecule has 0 amide bonds. The lowest BCUT2D eigenvalue weighted by molar-refractivity contribution is 0.458. The first-order valence-corrected chi connectivity index (χ1v) is 6.94. The lowest BCUT2D eigenvalue weighted by atomic mass is 10.2. The maximum Gasteiger partial charge on any atom is 0.226 e. The lowest BCUT2D eigenvalue weighted by Gasteiger charge is -2.10. The molecular formula is C16H18N4O. The molecule has 1 N–H and O–H groups in total. The third-order valence-electron chi connectivity index (χ3n) is 2.88. The summed E-state index contributed by atoms with van der Waals surface area (Å²) in [5, 5.41) is 11.8. The second kappa shape index (κ2) is 7.25. The van der Waals surface area contributed by atoms with Crippen LogP contribution in [-0.4, -0.2) is 16.5 Å². The van der Waals surface area contributed by atoms with Gasteiger partial charge in [-0.15, -0.1) is 0 Å². The molecule has 0 radical (unpaired) electrons. The van der Waals surface area contributed by atoms with Crippen LogP contribution in [0.3, 0.4) is 0 Å². The Morgan fingerprint density at radius 2 is 2.05 bits per heavy atom. The molecule has 1 aromatic carbocycles. The van der Waals surface area contributed by atoms with E-state index in [0.29, 0.717) is 24.0 Å². The van der Waals surface area contributed by atoms with E-state index in [1.165, 1.54) is 0 Å². The molecule has 108 valence electrons. The zero-order valence-electron chi connectivity index (χ0n) is 12.3. The van der Waals surface area contributed by atoms with Gasteiger partial charge in [0, 0.05) is 18.3 Å². The molecule has 0 saturated carbocycles. The monoisotopic (exact) mass is 282 g/mol. The van der Waals surface area contributed by atoms with Gasteiger partial charge in [0.2, 0.25) is 11.8 Å². The van der Waals surface area contributed by atoms with Gasteiger partial charge in [-0.3, -0.25) is 0 Å². The minimum atomic E-state index is 0.401. The predicted octanol–water partition coefficient (Wildman–Crippen LogP) is 3.47. The number of rotatable bonds is 6. The van der Waals surface area contributed by atoms with Crippen molar-refractivity contribution in [3.05, 3.63) is 41.6 Å². The van der Waals surface area contributed by atoms with E-state index < -0.39 is 0 Å². The Morgan fingerprint density at radius 3 is 2.71 bits per heavy atom. The van der Waals surface area contributed by atoms with Crippen molar-refractivity contribution in [2.45, 2.75) is 26.7 Å². The number of nitrogens with zero attached hydrogens (tertiary/aromatic N) is 3. The number of aryl methyl sites for hydroxylation is 1. The van der Waals surface area contributed by atoms with Crippen LogP contribution >= 0.6 is 0 Å². The van der Waals surface area contributed by atoms with Crippen LogP contribution in [0.2, 0.25) is 0 Å². The molecule has 0 bridgehead atoms. The molecule has 0 aliphatic heterocycles. The molecule has 21 heavy (non-hydrogen) atoms. The molecule has 0 aliphatic rings. The fraction of sp³-hybridized carbons (Fsp3) is 0.312. The van der Waals surface area contributed by atoms with Gasteiger partial charge in [-0.05, 0) is 31.0 Å². The van der Waals surface area contributed by atoms with E-state index in [2.05, 4.69) is 28.3 Å². The van der Waals surface area contributed by atoms with Crippen molar-refractivity contribution in [1.82, 2.24) is 9.97 Å². The first-order valence-electron chi connectivity index (χ1n) is 6.94. The third kappa shape index (κ3) is 4.18. The van der Waals surface area contributed by atoms with Crippen molar-refractivity contribution >= 4 is 5.95 Å². The normalized spacial score (nSPS) is 9.95. The summed E-state index contributed by atoms with van der Waals surface area (Å²) < 4.78 is 5.79. The molecule has 0 spiro atoms. The van der Waals surface area contributed by atoms with Crippen LogP contribution in [-0.2, 0) is 6.42 Å². The van der Waals surface area contributed by atoms with Crippen molar-refractivity contribution in [2.24, 2.45) is 0 Å². The fourth-order valence-corrected chi connectivity index (χ4v) is 1.73. The Bertz CT molecular complexity index is 632. The van der Waals surface area contributed by atoms with E-state index in [1.807, 2.05) is 31.2 Å². The summed E-state index contributed by atoms with van der Waals surface area (Å²) in [6, 6.07) is 9.56. The molecular weight excluding hydrogens is 264 g/mol. The van der Waals surface area contributed by atoms with Crippen molar-refractivity contribution in [2.75, 3.05) is 11.9 Å². The standard InChI is InChI=1S/C16H18N4O/c1-3-10-18-16-19-11-12(2)15(20-16)21-14-6-4-13(5-7-14)8-9-17/h4-7,11H,3,8,10H2,1-2H3,(H,18,19,20). The fourth-order valence-electron chi connectivity index (χ4n) is 1.73. The van der Waals surface area contributed by atoms with Crippen LogP contribution < -0.4 is 10.1 Å². The third-order valence-corrected chi connectivity index (χ3v) is 2.88. The number of anilines is 1. The molecule has 2 rings (SSSR count). The SMILES string of the molecule is CCCNc1ncc(C)c(Oc2ccc(CC#N)cc2)n1. The summed E-state index contributed by atoms with van der Waals surface area (Å²) >= 11 is 0. The Morgan fingerprint density at radius 1 is 1.29 bits per heavy atom. The van der Waals surface area contributed by atoms with Crippen LogP contribution in [0.15, 0.2) is 30.5 Å². The number of nitriles is 1. The molecule has 1 aromatic heterocycles. The average molecular weight is 282 g/mol. The van der Waals surface area contributed by atoms with E-state index in [-0.39, 0.29) is 0 Å². The minimum absolute atomic E-state index is 0.401. The number of hydrogen-bond donors (Lipinski definition) is 1. The second-order valence-electron chi connectivity index (χ2n) is 4.69. The van der Waals surface area contributed by atoms with Gasteiger partial charge in [0.15, 0.2) is 0 Å². The van der Waals surface area contributed by atoms with E-state index in [1.54, 1.807) is 6.20 Å². The number of aromatic nitrogens is 2. The lowest BCUT2D eigenvalue weighted by Crippen LogP contribution is -2.05. The molecule has 0 fully saturated rings. The van der Waals surface area contributed by atoms with Gasteiger partial charge in [-0.25, -0.2) is 4.98 Å². The van der Waals surface area contributed by atoms with Gasteiger partial charge >= 0.3 is 0 Å². The molecule has 5 nitrogen and oxygen atoms in total. The minimum Gasteiger partial charge on any atom is -0.439 e. The number of nitrogens with one attached hydrogen (secondary N) is 1. The predicted molar refractivity (Wildman–Crippen MR) is 81.4 cm³/mol. The molecule has 0 saturated heterocycles. The molecule has 0 aliphatic carbocycles. The van der Waals surface area contributed by atoms with E-state index in [0.717, 1.165) is 24.1 Å². The number of ether oxygens (including phenoxy) is 1. The highest BCUT2D eigenvalue weighted by molar-refractivity contribution is 5.37. The molecule has 2 aromatic rings. The highest BCUT2D eigenvalue weighted by atomic mass is 16.5. The van der Waals surface area contributed by atoms with E-state index in [9.17, 15) is 0 Å². The summed E-state index contributed by atoms with van der Waals surface area (Å²) in [6.07, 6.45) is 3.15. The Hall–Kier alpha value is -2.61. The topological polar surface area (TPSA) is 70.8 Å². The summed E-state index contributed by atoms with van der Waals surface area (Å²) in [7, 11) is 0. The Kier molecular flexibility index (Phi) is 5.10. The van der Waals surface area contributed by atoms with Crippen molar-refractivity contribution < 1.29 is 4.74 Å². The van der Waals surface area contributed by atoms with Gasteiger partial charge in [0.25, 0.3) is 0 Å². The highest BCUT2D eigenvalue weighted by Gasteiger charge is 2.06. The first-order chi connectivity index (χ1) is 10.2. The quantitative estimate of drug-likeness (QED) is 0.878. The van der Waals surface area contributed by atoms with Crippen LogP contribution in [0.25, 0.3) is 0 Å². The molecule has 0 atom stereocenters. The zero-order valence-corrected chi connectivity index (χ0v) is 12.3. The van der Waals surface area contributed by atoms with Crippen LogP contribution in [0.4, 0.5) is 5.95 Å². The maximum atomic E-state index is 8.66. The Labute approximate surface area is 124 Å². The van der Waals surface area contributed by atoms with Gasteiger partial charge in [-0.2, -0.15) is 10.2 Å². The van der Waals surface area contributed by atoms with Gasteiger partial charge < -0.3 is 10.1 Å². The smallest absolute Gasteiger partial charge is 0.226 e. The zero-order chi connectivity index (χ0) is 15.1. The van der Waals surface area contributed by atoms with Crippen molar-refractivity contribution in [3.63, 3.8) is 0 Å². The summed E-state index contributed by atoms with van der Waals surface area (Å²) in [5.41, 5.74) is 1.84. The summed E-state index contributed by atoms with van der Waals surface area (Å²) in [4.78, 5) is 8.59. The molecule has 0 unspecified atom stereocenters. The van der Waals surface area contributed by atoms with Gasteiger partial charge in [-0.1, -0.05) is 19.1 Å². The van der Waals surface area contributed by atoms with Gasteiger partial charge in [0.1, 0.15) is 5.75 Å². The van der Waals surface area contributed by atoms with Crippen molar-refractivity contribution in [1.29, 1.82) is 5.26 Å². The average Bonchev–Trinajstić information content (AvgIpc) is 2.50. The van der Waals surface area contributed by atoms with E-state index in [4.69, 9.17) is 10.00 Å². The highest BCUT2D eigenvalue weighted by Crippen LogP contribution is 2.23.